The summed E-state index contributed by atoms with van der Waals surface area (Å²) in [5, 5.41) is 3.12. The van der Waals surface area contributed by atoms with E-state index in [1.54, 1.807) is 0 Å². The van der Waals surface area contributed by atoms with E-state index in [1.165, 1.54) is 5.56 Å². The zero-order valence-corrected chi connectivity index (χ0v) is 18.6. The molecule has 3 unspecified atom stereocenters. The molecule has 4 nitrogen and oxygen atoms in total. The lowest BCUT2D eigenvalue weighted by atomic mass is 9.94. The smallest absolute Gasteiger partial charge is 0.224 e. The minimum absolute atomic E-state index is 0. The van der Waals surface area contributed by atoms with Crippen molar-refractivity contribution in [3.8, 4) is 0 Å². The van der Waals surface area contributed by atoms with Gasteiger partial charge < -0.3 is 16.0 Å². The molecular formula is C23H33Cl2N3O. The third-order valence-corrected chi connectivity index (χ3v) is 5.63. The van der Waals surface area contributed by atoms with E-state index >= 15 is 0 Å². The Kier molecular flexibility index (Phi) is 11.3. The first-order valence-electron chi connectivity index (χ1n) is 9.98. The molecule has 1 aliphatic rings. The lowest BCUT2D eigenvalue weighted by molar-refractivity contribution is -0.125. The van der Waals surface area contributed by atoms with Crippen molar-refractivity contribution in [2.45, 2.75) is 25.8 Å². The Hall–Kier alpha value is -1.59. The maximum atomic E-state index is 12.5. The van der Waals surface area contributed by atoms with Gasteiger partial charge in [-0.15, -0.1) is 24.8 Å². The van der Waals surface area contributed by atoms with Gasteiger partial charge in [0.1, 0.15) is 0 Å². The number of nitrogens with one attached hydrogen (secondary N) is 1. The first kappa shape index (κ1) is 25.4. The molecule has 0 bridgehead atoms. The SMILES string of the molecule is CC(C(=O)NCC1CCN(CCc2ccccc2)C1)C(N)c1ccccc1.Cl.Cl. The molecule has 2 aromatic carbocycles. The van der Waals surface area contributed by atoms with Gasteiger partial charge in [-0.2, -0.15) is 0 Å². The average Bonchev–Trinajstić information content (AvgIpc) is 3.18. The molecule has 0 saturated carbocycles. The summed E-state index contributed by atoms with van der Waals surface area (Å²) in [6, 6.07) is 20.2. The van der Waals surface area contributed by atoms with Crippen molar-refractivity contribution in [1.82, 2.24) is 10.2 Å². The maximum absolute atomic E-state index is 12.5. The van der Waals surface area contributed by atoms with E-state index < -0.39 is 0 Å². The van der Waals surface area contributed by atoms with Gasteiger partial charge in [-0.3, -0.25) is 4.79 Å². The van der Waals surface area contributed by atoms with Crippen molar-refractivity contribution in [3.05, 3.63) is 71.8 Å². The highest BCUT2D eigenvalue weighted by Gasteiger charge is 2.25. The third kappa shape index (κ3) is 7.63. The van der Waals surface area contributed by atoms with E-state index in [1.807, 2.05) is 37.3 Å². The van der Waals surface area contributed by atoms with Crippen molar-refractivity contribution in [2.24, 2.45) is 17.6 Å². The summed E-state index contributed by atoms with van der Waals surface area (Å²) in [5.74, 6) is 0.349. The Bertz CT molecular complexity index is 715. The number of halogens is 2. The highest BCUT2D eigenvalue weighted by Crippen LogP contribution is 2.20. The Labute approximate surface area is 187 Å². The fourth-order valence-electron chi connectivity index (χ4n) is 3.75. The van der Waals surface area contributed by atoms with Crippen LogP contribution in [-0.2, 0) is 11.2 Å². The number of likely N-dealkylation sites (tertiary alicyclic amines) is 1. The quantitative estimate of drug-likeness (QED) is 0.659. The molecule has 0 aromatic heterocycles. The number of benzene rings is 2. The maximum Gasteiger partial charge on any atom is 0.224 e. The van der Waals surface area contributed by atoms with Gasteiger partial charge in [-0.25, -0.2) is 0 Å². The summed E-state index contributed by atoms with van der Waals surface area (Å²) >= 11 is 0. The first-order chi connectivity index (χ1) is 13.1. The molecule has 0 radical (unpaired) electrons. The number of carbonyl (C=O) groups excluding carboxylic acids is 1. The number of rotatable bonds is 8. The van der Waals surface area contributed by atoms with Crippen LogP contribution >= 0.6 is 24.8 Å². The molecular weight excluding hydrogens is 405 g/mol. The Morgan fingerprint density at radius 3 is 2.38 bits per heavy atom. The predicted molar refractivity (Wildman–Crippen MR) is 125 cm³/mol. The minimum atomic E-state index is -0.267. The number of nitrogens with zero attached hydrogens (tertiary/aromatic N) is 1. The molecule has 29 heavy (non-hydrogen) atoms. The van der Waals surface area contributed by atoms with Gasteiger partial charge in [-0.1, -0.05) is 67.6 Å². The summed E-state index contributed by atoms with van der Waals surface area (Å²) in [6.07, 6.45) is 2.23. The molecule has 6 heteroatoms. The van der Waals surface area contributed by atoms with Crippen LogP contribution in [0.2, 0.25) is 0 Å². The molecule has 160 valence electrons. The molecule has 0 aliphatic carbocycles. The van der Waals surface area contributed by atoms with E-state index in [4.69, 9.17) is 5.73 Å². The lowest BCUT2D eigenvalue weighted by Crippen LogP contribution is -2.38. The normalized spacial score (nSPS) is 18.2. The van der Waals surface area contributed by atoms with Crippen LogP contribution in [0.15, 0.2) is 60.7 Å². The van der Waals surface area contributed by atoms with Crippen molar-refractivity contribution in [2.75, 3.05) is 26.2 Å². The molecule has 3 rings (SSSR count). The number of carbonyl (C=O) groups is 1. The van der Waals surface area contributed by atoms with Crippen molar-refractivity contribution in [3.63, 3.8) is 0 Å². The predicted octanol–water partition coefficient (Wildman–Crippen LogP) is 3.85. The molecule has 3 atom stereocenters. The zero-order valence-electron chi connectivity index (χ0n) is 17.0. The number of hydrogen-bond acceptors (Lipinski definition) is 3. The Morgan fingerprint density at radius 1 is 1.10 bits per heavy atom. The van der Waals surface area contributed by atoms with Crippen molar-refractivity contribution in [1.29, 1.82) is 0 Å². The molecule has 1 aliphatic heterocycles. The van der Waals surface area contributed by atoms with Gasteiger partial charge in [0, 0.05) is 25.7 Å². The number of hydrogen-bond donors (Lipinski definition) is 2. The van der Waals surface area contributed by atoms with Crippen LogP contribution in [0.25, 0.3) is 0 Å². The van der Waals surface area contributed by atoms with Gasteiger partial charge >= 0.3 is 0 Å². The highest BCUT2D eigenvalue weighted by atomic mass is 35.5. The molecule has 2 aromatic rings. The van der Waals surface area contributed by atoms with Crippen LogP contribution in [0, 0.1) is 11.8 Å². The van der Waals surface area contributed by atoms with Crippen molar-refractivity contribution >= 4 is 30.7 Å². The molecule has 1 fully saturated rings. The average molecular weight is 438 g/mol. The van der Waals surface area contributed by atoms with Gasteiger partial charge in [0.2, 0.25) is 5.91 Å². The summed E-state index contributed by atoms with van der Waals surface area (Å²) in [5.41, 5.74) is 8.67. The van der Waals surface area contributed by atoms with Gasteiger partial charge in [-0.05, 0) is 36.4 Å². The third-order valence-electron chi connectivity index (χ3n) is 5.63. The molecule has 1 saturated heterocycles. The number of amides is 1. The van der Waals surface area contributed by atoms with E-state index in [0.717, 1.165) is 44.6 Å². The highest BCUT2D eigenvalue weighted by molar-refractivity contribution is 5.85. The van der Waals surface area contributed by atoms with E-state index in [-0.39, 0.29) is 42.7 Å². The molecule has 1 amide bonds. The van der Waals surface area contributed by atoms with Crippen LogP contribution in [0.1, 0.15) is 30.5 Å². The second-order valence-electron chi connectivity index (χ2n) is 7.66. The minimum Gasteiger partial charge on any atom is -0.355 e. The second-order valence-corrected chi connectivity index (χ2v) is 7.66. The van der Waals surface area contributed by atoms with Crippen molar-refractivity contribution < 1.29 is 4.79 Å². The van der Waals surface area contributed by atoms with Crippen LogP contribution in [-0.4, -0.2) is 37.0 Å². The fourth-order valence-corrected chi connectivity index (χ4v) is 3.75. The van der Waals surface area contributed by atoms with E-state index in [2.05, 4.69) is 40.5 Å². The lowest BCUT2D eigenvalue weighted by Gasteiger charge is -2.21. The number of nitrogens with two attached hydrogens (primary N) is 1. The Balaban J connectivity index is 0.00000210. The van der Waals surface area contributed by atoms with Gasteiger partial charge in [0.15, 0.2) is 0 Å². The van der Waals surface area contributed by atoms with E-state index in [0.29, 0.717) is 5.92 Å². The fraction of sp³-hybridized carbons (Fsp3) is 0.435. The second kappa shape index (κ2) is 12.9. The largest absolute Gasteiger partial charge is 0.355 e. The summed E-state index contributed by atoms with van der Waals surface area (Å²) < 4.78 is 0. The summed E-state index contributed by atoms with van der Waals surface area (Å²) in [4.78, 5) is 15.0. The summed E-state index contributed by atoms with van der Waals surface area (Å²) in [7, 11) is 0. The standard InChI is InChI=1S/C23H31N3O.2ClH/c1-18(22(24)21-10-6-3-7-11-21)23(27)25-16-20-13-15-26(17-20)14-12-19-8-4-2-5-9-19;;/h2-11,18,20,22H,12-17,24H2,1H3,(H,25,27);2*1H. The van der Waals surface area contributed by atoms with Gasteiger partial charge in [0.25, 0.3) is 0 Å². The zero-order chi connectivity index (χ0) is 19.1. The van der Waals surface area contributed by atoms with Crippen LogP contribution in [0.5, 0.6) is 0 Å². The van der Waals surface area contributed by atoms with Gasteiger partial charge in [0.05, 0.1) is 5.92 Å². The monoisotopic (exact) mass is 437 g/mol. The molecule has 3 N–H and O–H groups in total. The van der Waals surface area contributed by atoms with Crippen LogP contribution in [0.3, 0.4) is 0 Å². The topological polar surface area (TPSA) is 58.4 Å². The van der Waals surface area contributed by atoms with Crippen LogP contribution < -0.4 is 11.1 Å². The molecule has 1 heterocycles. The first-order valence-corrected chi connectivity index (χ1v) is 9.98. The Morgan fingerprint density at radius 2 is 1.72 bits per heavy atom. The summed E-state index contributed by atoms with van der Waals surface area (Å²) in [6.45, 7) is 5.92. The van der Waals surface area contributed by atoms with Crippen LogP contribution in [0.4, 0.5) is 0 Å². The molecule has 0 spiro atoms. The van der Waals surface area contributed by atoms with E-state index in [9.17, 15) is 4.79 Å².